The monoisotopic (exact) mass is 448 g/mol. The number of amides is 1. The van der Waals surface area contributed by atoms with Crippen LogP contribution in [0.1, 0.15) is 11.1 Å². The van der Waals surface area contributed by atoms with Gasteiger partial charge in [0, 0.05) is 29.8 Å². The number of halogens is 3. The van der Waals surface area contributed by atoms with Crippen molar-refractivity contribution in [1.29, 1.82) is 0 Å². The minimum atomic E-state index is -0.395. The molecule has 1 amide bonds. The molecule has 1 aromatic heterocycles. The fraction of sp³-hybridized carbons (Fsp3) is 0.160. The van der Waals surface area contributed by atoms with Crippen molar-refractivity contribution in [3.05, 3.63) is 95.3 Å². The molecule has 0 radical (unpaired) electrons. The number of fused-ring (bicyclic) bond motifs is 1. The molecule has 5 rings (SSSR count). The average Bonchev–Trinajstić information content (AvgIpc) is 3.23. The number of hydrogen-bond donors (Lipinski definition) is 0. The normalized spacial score (nSPS) is 13.1. The highest BCUT2D eigenvalue weighted by Gasteiger charge is 2.25. The maximum absolute atomic E-state index is 14.2. The molecule has 3 aromatic carbocycles. The summed E-state index contributed by atoms with van der Waals surface area (Å²) in [6.07, 6.45) is 0.571. The van der Waals surface area contributed by atoms with E-state index in [1.165, 1.54) is 35.0 Å². The van der Waals surface area contributed by atoms with Gasteiger partial charge in [-0.15, -0.1) is 5.10 Å². The van der Waals surface area contributed by atoms with E-state index in [1.54, 1.807) is 35.2 Å². The minimum Gasteiger partial charge on any atom is -0.336 e. The van der Waals surface area contributed by atoms with E-state index in [4.69, 9.17) is 0 Å². The Kier molecular flexibility index (Phi) is 5.42. The summed E-state index contributed by atoms with van der Waals surface area (Å²) in [5.74, 6) is -0.638. The van der Waals surface area contributed by atoms with Crippen molar-refractivity contribution >= 4 is 5.91 Å². The molecule has 0 spiro atoms. The molecule has 0 N–H and O–H groups in total. The predicted octanol–water partition coefficient (Wildman–Crippen LogP) is 4.61. The van der Waals surface area contributed by atoms with Gasteiger partial charge in [0.1, 0.15) is 24.0 Å². The molecule has 2 heterocycles. The maximum Gasteiger partial charge on any atom is 0.244 e. The van der Waals surface area contributed by atoms with Crippen LogP contribution in [0, 0.1) is 17.5 Å². The Morgan fingerprint density at radius 3 is 2.24 bits per heavy atom. The van der Waals surface area contributed by atoms with Gasteiger partial charge in [0.15, 0.2) is 11.6 Å². The second-order valence-electron chi connectivity index (χ2n) is 7.87. The summed E-state index contributed by atoms with van der Waals surface area (Å²) in [6.45, 7) is 0.539. The zero-order chi connectivity index (χ0) is 22.9. The van der Waals surface area contributed by atoms with Gasteiger partial charge in [-0.05, 0) is 66.6 Å². The molecule has 0 bridgehead atoms. The summed E-state index contributed by atoms with van der Waals surface area (Å²) in [5.41, 5.74) is 2.60. The molecular weight excluding hydrogens is 429 g/mol. The molecule has 0 fully saturated rings. The molecule has 0 saturated carbocycles. The number of carbonyl (C=O) groups is 1. The van der Waals surface area contributed by atoms with Gasteiger partial charge >= 0.3 is 0 Å². The Labute approximate surface area is 188 Å². The van der Waals surface area contributed by atoms with E-state index in [0.29, 0.717) is 41.3 Å². The third-order valence-electron chi connectivity index (χ3n) is 5.73. The highest BCUT2D eigenvalue weighted by molar-refractivity contribution is 5.77. The van der Waals surface area contributed by atoms with E-state index in [0.717, 1.165) is 5.56 Å². The Balaban J connectivity index is 1.46. The Morgan fingerprint density at radius 1 is 0.879 bits per heavy atom. The second kappa shape index (κ2) is 8.54. The molecule has 1 aliphatic heterocycles. The van der Waals surface area contributed by atoms with Gasteiger partial charge in [0.25, 0.3) is 0 Å². The van der Waals surface area contributed by atoms with Crippen LogP contribution in [0.25, 0.3) is 22.8 Å². The van der Waals surface area contributed by atoms with Crippen molar-refractivity contribution < 1.29 is 18.0 Å². The topological polar surface area (TPSA) is 51.0 Å². The summed E-state index contributed by atoms with van der Waals surface area (Å²) in [5, 5.41) is 4.47. The molecule has 1 aliphatic rings. The Bertz CT molecular complexity index is 1320. The number of rotatable bonds is 4. The summed E-state index contributed by atoms with van der Waals surface area (Å²) in [6, 6.07) is 16.4. The van der Waals surface area contributed by atoms with Crippen LogP contribution in [0.5, 0.6) is 0 Å². The zero-order valence-electron chi connectivity index (χ0n) is 17.5. The van der Waals surface area contributed by atoms with E-state index in [1.807, 2.05) is 6.07 Å². The van der Waals surface area contributed by atoms with Gasteiger partial charge in [-0.2, -0.15) is 0 Å². The van der Waals surface area contributed by atoms with E-state index in [-0.39, 0.29) is 30.6 Å². The third kappa shape index (κ3) is 4.24. The van der Waals surface area contributed by atoms with Crippen LogP contribution in [0.2, 0.25) is 0 Å². The standard InChI is InChI=1S/C25H19F3N4O/c26-19-8-4-17(5-9-19)24-29-25(18-6-10-20(27)11-7-18)32(30-24)15-23(33)31-13-12-16-2-1-3-22(28)21(16)14-31/h1-11H,12-15H2. The molecule has 4 aromatic rings. The van der Waals surface area contributed by atoms with Crippen LogP contribution in [-0.2, 0) is 24.3 Å². The van der Waals surface area contributed by atoms with Gasteiger partial charge < -0.3 is 4.90 Å². The molecule has 0 saturated heterocycles. The second-order valence-corrected chi connectivity index (χ2v) is 7.87. The van der Waals surface area contributed by atoms with Gasteiger partial charge in [0.05, 0.1) is 0 Å². The van der Waals surface area contributed by atoms with Crippen molar-refractivity contribution in [2.24, 2.45) is 0 Å². The van der Waals surface area contributed by atoms with E-state index >= 15 is 0 Å². The molecule has 166 valence electrons. The van der Waals surface area contributed by atoms with Gasteiger partial charge in [-0.25, -0.2) is 22.8 Å². The fourth-order valence-corrected chi connectivity index (χ4v) is 3.97. The fourth-order valence-electron chi connectivity index (χ4n) is 3.97. The van der Waals surface area contributed by atoms with Crippen LogP contribution < -0.4 is 0 Å². The summed E-state index contributed by atoms with van der Waals surface area (Å²) in [4.78, 5) is 19.3. The van der Waals surface area contributed by atoms with Crippen LogP contribution in [0.15, 0.2) is 66.7 Å². The third-order valence-corrected chi connectivity index (χ3v) is 5.73. The first-order valence-electron chi connectivity index (χ1n) is 10.5. The average molecular weight is 448 g/mol. The number of benzene rings is 3. The van der Waals surface area contributed by atoms with E-state index in [2.05, 4.69) is 10.1 Å². The first-order valence-corrected chi connectivity index (χ1v) is 10.5. The lowest BCUT2D eigenvalue weighted by atomic mass is 9.99. The van der Waals surface area contributed by atoms with Crippen LogP contribution >= 0.6 is 0 Å². The van der Waals surface area contributed by atoms with Crippen molar-refractivity contribution in [2.45, 2.75) is 19.5 Å². The highest BCUT2D eigenvalue weighted by atomic mass is 19.1. The Morgan fingerprint density at radius 2 is 1.55 bits per heavy atom. The highest BCUT2D eigenvalue weighted by Crippen LogP contribution is 2.25. The summed E-state index contributed by atoms with van der Waals surface area (Å²) < 4.78 is 42.5. The first-order chi connectivity index (χ1) is 16.0. The number of carbonyl (C=O) groups excluding carboxylic acids is 1. The quantitative estimate of drug-likeness (QED) is 0.458. The molecule has 0 unspecified atom stereocenters. The van der Waals surface area contributed by atoms with E-state index in [9.17, 15) is 18.0 Å². The van der Waals surface area contributed by atoms with Gasteiger partial charge in [-0.1, -0.05) is 12.1 Å². The molecular formula is C25H19F3N4O. The van der Waals surface area contributed by atoms with Gasteiger partial charge in [-0.3, -0.25) is 4.79 Å². The number of aromatic nitrogens is 3. The van der Waals surface area contributed by atoms with E-state index < -0.39 is 5.82 Å². The zero-order valence-corrected chi connectivity index (χ0v) is 17.5. The summed E-state index contributed by atoms with van der Waals surface area (Å²) in [7, 11) is 0. The van der Waals surface area contributed by atoms with Crippen LogP contribution in [-0.4, -0.2) is 32.1 Å². The van der Waals surface area contributed by atoms with Crippen molar-refractivity contribution in [1.82, 2.24) is 19.7 Å². The predicted molar refractivity (Wildman–Crippen MR) is 116 cm³/mol. The largest absolute Gasteiger partial charge is 0.336 e. The number of hydrogen-bond acceptors (Lipinski definition) is 3. The lowest BCUT2D eigenvalue weighted by molar-refractivity contribution is -0.133. The van der Waals surface area contributed by atoms with Crippen LogP contribution in [0.4, 0.5) is 13.2 Å². The number of nitrogens with zero attached hydrogens (tertiary/aromatic N) is 4. The molecule has 0 atom stereocenters. The molecule has 33 heavy (non-hydrogen) atoms. The summed E-state index contributed by atoms with van der Waals surface area (Å²) >= 11 is 0. The lowest BCUT2D eigenvalue weighted by Crippen LogP contribution is -2.38. The van der Waals surface area contributed by atoms with Crippen molar-refractivity contribution in [3.8, 4) is 22.8 Å². The first kappa shape index (κ1) is 20.9. The van der Waals surface area contributed by atoms with Crippen molar-refractivity contribution in [3.63, 3.8) is 0 Å². The van der Waals surface area contributed by atoms with Gasteiger partial charge in [0.2, 0.25) is 5.91 Å². The smallest absolute Gasteiger partial charge is 0.244 e. The minimum absolute atomic E-state index is 0.120. The Hall–Kier alpha value is -3.94. The maximum atomic E-state index is 14.2. The lowest BCUT2D eigenvalue weighted by Gasteiger charge is -2.29. The SMILES string of the molecule is O=C(Cn1nc(-c2ccc(F)cc2)nc1-c1ccc(F)cc1)N1CCc2cccc(F)c2C1. The molecule has 8 heteroatoms. The molecule has 0 aliphatic carbocycles. The molecule has 5 nitrogen and oxygen atoms in total. The van der Waals surface area contributed by atoms with Crippen molar-refractivity contribution in [2.75, 3.05) is 6.54 Å². The van der Waals surface area contributed by atoms with Crippen LogP contribution in [0.3, 0.4) is 0 Å².